The zero-order valence-corrected chi connectivity index (χ0v) is 12.7. The van der Waals surface area contributed by atoms with Crippen molar-refractivity contribution in [2.75, 3.05) is 10.6 Å². The first kappa shape index (κ1) is 15.2. The fourth-order valence-corrected chi connectivity index (χ4v) is 2.28. The fraction of sp³-hybridized carbons (Fsp3) is 0.222. The molecule has 5 heteroatoms. The van der Waals surface area contributed by atoms with Crippen molar-refractivity contribution in [2.45, 2.75) is 19.8 Å². The highest BCUT2D eigenvalue weighted by Crippen LogP contribution is 2.31. The maximum atomic E-state index is 12.9. The van der Waals surface area contributed by atoms with E-state index >= 15 is 0 Å². The van der Waals surface area contributed by atoms with E-state index in [4.69, 9.17) is 0 Å². The number of rotatable bonds is 4. The first-order valence-corrected chi connectivity index (χ1v) is 7.52. The molecule has 1 aliphatic rings. The van der Waals surface area contributed by atoms with Crippen molar-refractivity contribution >= 4 is 23.2 Å². The van der Waals surface area contributed by atoms with Crippen molar-refractivity contribution in [1.82, 2.24) is 0 Å². The van der Waals surface area contributed by atoms with Crippen LogP contribution in [0.5, 0.6) is 0 Å². The minimum atomic E-state index is -0.387. The SMILES string of the molecule is Cc1c(NC(=O)c2ccc(F)cc2)cccc1NC(=O)C1CC1. The highest BCUT2D eigenvalue weighted by Gasteiger charge is 2.29. The van der Waals surface area contributed by atoms with Crippen LogP contribution in [0.1, 0.15) is 28.8 Å². The summed E-state index contributed by atoms with van der Waals surface area (Å²) in [7, 11) is 0. The van der Waals surface area contributed by atoms with Crippen molar-refractivity contribution in [3.8, 4) is 0 Å². The summed E-state index contributed by atoms with van der Waals surface area (Å²) in [4.78, 5) is 24.1. The van der Waals surface area contributed by atoms with Crippen molar-refractivity contribution in [2.24, 2.45) is 5.92 Å². The van der Waals surface area contributed by atoms with E-state index in [0.717, 1.165) is 18.4 Å². The molecular weight excluding hydrogens is 295 g/mol. The predicted molar refractivity (Wildman–Crippen MR) is 86.9 cm³/mol. The Morgan fingerprint density at radius 2 is 1.61 bits per heavy atom. The Hall–Kier alpha value is -2.69. The summed E-state index contributed by atoms with van der Waals surface area (Å²) in [6, 6.07) is 10.7. The van der Waals surface area contributed by atoms with Crippen molar-refractivity contribution in [3.05, 3.63) is 59.4 Å². The number of hydrogen-bond acceptors (Lipinski definition) is 2. The van der Waals surface area contributed by atoms with E-state index in [1.54, 1.807) is 12.1 Å². The van der Waals surface area contributed by atoms with Gasteiger partial charge in [-0.3, -0.25) is 9.59 Å². The Labute approximate surface area is 133 Å². The molecule has 0 atom stereocenters. The number of nitrogens with one attached hydrogen (secondary N) is 2. The van der Waals surface area contributed by atoms with Crippen LogP contribution < -0.4 is 10.6 Å². The van der Waals surface area contributed by atoms with Gasteiger partial charge in [0.2, 0.25) is 5.91 Å². The summed E-state index contributed by atoms with van der Waals surface area (Å²) >= 11 is 0. The lowest BCUT2D eigenvalue weighted by molar-refractivity contribution is -0.117. The first-order chi connectivity index (χ1) is 11.0. The Morgan fingerprint density at radius 1 is 1.00 bits per heavy atom. The molecule has 0 heterocycles. The van der Waals surface area contributed by atoms with Crippen LogP contribution in [0.3, 0.4) is 0 Å². The number of benzene rings is 2. The van der Waals surface area contributed by atoms with Gasteiger partial charge in [-0.25, -0.2) is 4.39 Å². The van der Waals surface area contributed by atoms with Gasteiger partial charge in [0.15, 0.2) is 0 Å². The third-order valence-electron chi connectivity index (χ3n) is 3.89. The van der Waals surface area contributed by atoms with Crippen LogP contribution in [-0.2, 0) is 4.79 Å². The number of amides is 2. The molecule has 0 aliphatic heterocycles. The molecule has 1 saturated carbocycles. The topological polar surface area (TPSA) is 58.2 Å². The van der Waals surface area contributed by atoms with E-state index < -0.39 is 0 Å². The van der Waals surface area contributed by atoms with E-state index in [1.165, 1.54) is 24.3 Å². The summed E-state index contributed by atoms with van der Waals surface area (Å²) < 4.78 is 12.9. The summed E-state index contributed by atoms with van der Waals surface area (Å²) in [6.07, 6.45) is 1.87. The smallest absolute Gasteiger partial charge is 0.255 e. The zero-order chi connectivity index (χ0) is 16.4. The van der Waals surface area contributed by atoms with Crippen molar-refractivity contribution in [3.63, 3.8) is 0 Å². The van der Waals surface area contributed by atoms with Gasteiger partial charge < -0.3 is 10.6 Å². The average Bonchev–Trinajstić information content (AvgIpc) is 3.36. The van der Waals surface area contributed by atoms with E-state index in [9.17, 15) is 14.0 Å². The van der Waals surface area contributed by atoms with Gasteiger partial charge in [0, 0.05) is 22.9 Å². The summed E-state index contributed by atoms with van der Waals surface area (Å²) in [5.41, 5.74) is 2.47. The number of halogens is 1. The van der Waals surface area contributed by atoms with Gasteiger partial charge in [-0.15, -0.1) is 0 Å². The Balaban J connectivity index is 1.75. The van der Waals surface area contributed by atoms with E-state index in [0.29, 0.717) is 16.9 Å². The number of anilines is 2. The highest BCUT2D eigenvalue weighted by molar-refractivity contribution is 6.05. The van der Waals surface area contributed by atoms with Crippen LogP contribution in [0, 0.1) is 18.7 Å². The van der Waals surface area contributed by atoms with Gasteiger partial charge in [-0.05, 0) is 61.7 Å². The number of carbonyl (C=O) groups excluding carboxylic acids is 2. The molecule has 2 aromatic carbocycles. The molecule has 0 aromatic heterocycles. The van der Waals surface area contributed by atoms with Gasteiger partial charge in [-0.1, -0.05) is 6.07 Å². The molecule has 0 spiro atoms. The molecule has 3 rings (SSSR count). The molecule has 0 saturated heterocycles. The van der Waals surface area contributed by atoms with Crippen LogP contribution in [0.25, 0.3) is 0 Å². The lowest BCUT2D eigenvalue weighted by atomic mass is 10.1. The maximum absolute atomic E-state index is 12.9. The second-order valence-corrected chi connectivity index (χ2v) is 5.70. The molecule has 2 amide bonds. The molecule has 23 heavy (non-hydrogen) atoms. The zero-order valence-electron chi connectivity index (χ0n) is 12.7. The second kappa shape index (κ2) is 6.20. The number of carbonyl (C=O) groups is 2. The minimum Gasteiger partial charge on any atom is -0.326 e. The molecular formula is C18H17FN2O2. The fourth-order valence-electron chi connectivity index (χ4n) is 2.28. The van der Waals surface area contributed by atoms with Gasteiger partial charge in [-0.2, -0.15) is 0 Å². The van der Waals surface area contributed by atoms with Gasteiger partial charge >= 0.3 is 0 Å². The van der Waals surface area contributed by atoms with Gasteiger partial charge in [0.1, 0.15) is 5.82 Å². The molecule has 0 radical (unpaired) electrons. The second-order valence-electron chi connectivity index (χ2n) is 5.70. The standard InChI is InChI=1S/C18H17FN2O2/c1-11-15(20-17(22)12-5-6-12)3-2-4-16(11)21-18(23)13-7-9-14(19)10-8-13/h2-4,7-10,12H,5-6H2,1H3,(H,20,22)(H,21,23). The molecule has 0 bridgehead atoms. The van der Waals surface area contributed by atoms with Crippen LogP contribution in [0.4, 0.5) is 15.8 Å². The Morgan fingerprint density at radius 3 is 2.22 bits per heavy atom. The van der Waals surface area contributed by atoms with Crippen LogP contribution in [0.15, 0.2) is 42.5 Å². The summed E-state index contributed by atoms with van der Waals surface area (Å²) in [5.74, 6) is -0.566. The first-order valence-electron chi connectivity index (χ1n) is 7.52. The lowest BCUT2D eigenvalue weighted by Gasteiger charge is -2.13. The monoisotopic (exact) mass is 312 g/mol. The third-order valence-corrected chi connectivity index (χ3v) is 3.89. The quantitative estimate of drug-likeness (QED) is 0.903. The Bertz CT molecular complexity index is 752. The normalized spacial score (nSPS) is 13.5. The third kappa shape index (κ3) is 3.56. The lowest BCUT2D eigenvalue weighted by Crippen LogP contribution is -2.16. The molecule has 118 valence electrons. The van der Waals surface area contributed by atoms with E-state index in [2.05, 4.69) is 10.6 Å². The van der Waals surface area contributed by atoms with Gasteiger partial charge in [0.05, 0.1) is 0 Å². The Kier molecular flexibility index (Phi) is 4.10. The van der Waals surface area contributed by atoms with Crippen LogP contribution in [-0.4, -0.2) is 11.8 Å². The van der Waals surface area contributed by atoms with Crippen molar-refractivity contribution < 1.29 is 14.0 Å². The molecule has 1 aliphatic carbocycles. The van der Waals surface area contributed by atoms with E-state index in [1.807, 2.05) is 13.0 Å². The molecule has 0 unspecified atom stereocenters. The van der Waals surface area contributed by atoms with Crippen molar-refractivity contribution in [1.29, 1.82) is 0 Å². The summed E-state index contributed by atoms with van der Waals surface area (Å²) in [5, 5.41) is 5.68. The molecule has 1 fully saturated rings. The highest BCUT2D eigenvalue weighted by atomic mass is 19.1. The molecule has 4 nitrogen and oxygen atoms in total. The largest absolute Gasteiger partial charge is 0.326 e. The van der Waals surface area contributed by atoms with Gasteiger partial charge in [0.25, 0.3) is 5.91 Å². The minimum absolute atomic E-state index is 0.0233. The average molecular weight is 312 g/mol. The van der Waals surface area contributed by atoms with Crippen LogP contribution >= 0.6 is 0 Å². The predicted octanol–water partition coefficient (Wildman–Crippen LogP) is 3.73. The maximum Gasteiger partial charge on any atom is 0.255 e. The van der Waals surface area contributed by atoms with Crippen LogP contribution in [0.2, 0.25) is 0 Å². The number of hydrogen-bond donors (Lipinski definition) is 2. The summed E-state index contributed by atoms with van der Waals surface area (Å²) in [6.45, 7) is 1.84. The molecule has 2 aromatic rings. The van der Waals surface area contributed by atoms with E-state index in [-0.39, 0.29) is 23.5 Å². The molecule has 2 N–H and O–H groups in total.